The maximum Gasteiger partial charge on any atom is 0.251 e. The van der Waals surface area contributed by atoms with Crippen molar-refractivity contribution in [3.8, 4) is 0 Å². The van der Waals surface area contributed by atoms with Gasteiger partial charge in [-0.25, -0.2) is 0 Å². The minimum atomic E-state index is -0.548. The molecule has 192 valence electrons. The predicted octanol–water partition coefficient (Wildman–Crippen LogP) is 4.75. The van der Waals surface area contributed by atoms with Crippen molar-refractivity contribution in [1.82, 2.24) is 5.32 Å². The van der Waals surface area contributed by atoms with Crippen LogP contribution in [0.25, 0.3) is 0 Å². The summed E-state index contributed by atoms with van der Waals surface area (Å²) in [6.07, 6.45) is 6.95. The first kappa shape index (κ1) is 25.9. The Hall–Kier alpha value is -3.19. The molecule has 7 heteroatoms. The summed E-state index contributed by atoms with van der Waals surface area (Å²) in [7, 11) is 0. The van der Waals surface area contributed by atoms with Crippen LogP contribution in [0.1, 0.15) is 80.3 Å². The highest BCUT2D eigenvalue weighted by molar-refractivity contribution is 6.13. The molecule has 2 aromatic carbocycles. The van der Waals surface area contributed by atoms with E-state index in [1.807, 2.05) is 38.1 Å². The summed E-state index contributed by atoms with van der Waals surface area (Å²) in [4.78, 5) is 41.2. The SMILES string of the molecule is CCC(C)C1C(=O)Nc2cc(C(=O)NCc3cccc(CN)c3)ccc2N1C(=O)CCC1CCCC1. The molecule has 2 aromatic rings. The standard InChI is InChI=1S/C29H38N4O3/c1-3-19(2)27-29(36)32-24-16-23(28(35)31-18-22-10-6-9-21(15-22)17-30)12-13-25(24)33(27)26(34)14-11-20-7-4-5-8-20/h6,9-10,12-13,15-16,19-20,27H,3-5,7-8,11,14,17-18,30H2,1-2H3,(H,31,35)(H,32,36). The number of hydrogen-bond donors (Lipinski definition) is 3. The molecule has 1 saturated carbocycles. The largest absolute Gasteiger partial charge is 0.348 e. The summed E-state index contributed by atoms with van der Waals surface area (Å²) < 4.78 is 0. The van der Waals surface area contributed by atoms with Gasteiger partial charge in [-0.3, -0.25) is 19.3 Å². The van der Waals surface area contributed by atoms with Crippen LogP contribution in [-0.4, -0.2) is 23.8 Å². The number of carbonyl (C=O) groups is 3. The Kier molecular flexibility index (Phi) is 8.41. The maximum atomic E-state index is 13.5. The fourth-order valence-electron chi connectivity index (χ4n) is 5.38. The lowest BCUT2D eigenvalue weighted by atomic mass is 9.92. The zero-order chi connectivity index (χ0) is 25.7. The van der Waals surface area contributed by atoms with Gasteiger partial charge in [-0.2, -0.15) is 0 Å². The Morgan fingerprint density at radius 2 is 1.89 bits per heavy atom. The van der Waals surface area contributed by atoms with Crippen molar-refractivity contribution in [1.29, 1.82) is 0 Å². The van der Waals surface area contributed by atoms with E-state index in [4.69, 9.17) is 5.73 Å². The van der Waals surface area contributed by atoms with Gasteiger partial charge < -0.3 is 16.4 Å². The summed E-state index contributed by atoms with van der Waals surface area (Å²) in [6, 6.07) is 12.4. The summed E-state index contributed by atoms with van der Waals surface area (Å²) in [5.41, 5.74) is 9.29. The third-order valence-corrected chi connectivity index (χ3v) is 7.70. The normalized spacial score (nSPS) is 18.5. The lowest BCUT2D eigenvalue weighted by Gasteiger charge is -2.39. The van der Waals surface area contributed by atoms with Gasteiger partial charge in [0.15, 0.2) is 0 Å². The van der Waals surface area contributed by atoms with Gasteiger partial charge in [-0.05, 0) is 47.6 Å². The van der Waals surface area contributed by atoms with E-state index in [1.165, 1.54) is 25.7 Å². The highest BCUT2D eigenvalue weighted by Crippen LogP contribution is 2.37. The second-order valence-corrected chi connectivity index (χ2v) is 10.2. The van der Waals surface area contributed by atoms with Crippen molar-refractivity contribution in [3.63, 3.8) is 0 Å². The van der Waals surface area contributed by atoms with Crippen molar-refractivity contribution in [2.75, 3.05) is 10.2 Å². The van der Waals surface area contributed by atoms with Crippen molar-refractivity contribution in [2.45, 2.75) is 77.9 Å². The van der Waals surface area contributed by atoms with Gasteiger partial charge in [-0.15, -0.1) is 0 Å². The van der Waals surface area contributed by atoms with Crippen LogP contribution >= 0.6 is 0 Å². The van der Waals surface area contributed by atoms with Gasteiger partial charge in [0.2, 0.25) is 11.8 Å². The van der Waals surface area contributed by atoms with E-state index >= 15 is 0 Å². The highest BCUT2D eigenvalue weighted by atomic mass is 16.2. The van der Waals surface area contributed by atoms with Crippen LogP contribution in [0, 0.1) is 11.8 Å². The second-order valence-electron chi connectivity index (χ2n) is 10.2. The number of fused-ring (bicyclic) bond motifs is 1. The van der Waals surface area contributed by atoms with Crippen LogP contribution in [0.5, 0.6) is 0 Å². The fourth-order valence-corrected chi connectivity index (χ4v) is 5.38. The van der Waals surface area contributed by atoms with Gasteiger partial charge in [0, 0.05) is 25.1 Å². The van der Waals surface area contributed by atoms with Gasteiger partial charge in [0.1, 0.15) is 6.04 Å². The summed E-state index contributed by atoms with van der Waals surface area (Å²) in [5, 5.41) is 5.90. The van der Waals surface area contributed by atoms with E-state index in [-0.39, 0.29) is 23.6 Å². The molecule has 1 fully saturated rings. The number of anilines is 2. The molecule has 0 spiro atoms. The van der Waals surface area contributed by atoms with E-state index in [0.717, 1.165) is 24.0 Å². The summed E-state index contributed by atoms with van der Waals surface area (Å²) in [6.45, 7) is 4.86. The Labute approximate surface area is 213 Å². The van der Waals surface area contributed by atoms with Crippen LogP contribution in [0.2, 0.25) is 0 Å². The molecule has 4 N–H and O–H groups in total. The summed E-state index contributed by atoms with van der Waals surface area (Å²) >= 11 is 0. The molecule has 36 heavy (non-hydrogen) atoms. The van der Waals surface area contributed by atoms with Gasteiger partial charge in [-0.1, -0.05) is 70.2 Å². The lowest BCUT2D eigenvalue weighted by molar-refractivity contribution is -0.125. The number of nitrogens with zero attached hydrogens (tertiary/aromatic N) is 1. The highest BCUT2D eigenvalue weighted by Gasteiger charge is 2.39. The molecule has 3 amide bonds. The van der Waals surface area contributed by atoms with Gasteiger partial charge in [0.25, 0.3) is 5.91 Å². The van der Waals surface area contributed by atoms with Crippen LogP contribution in [0.4, 0.5) is 11.4 Å². The van der Waals surface area contributed by atoms with Crippen LogP contribution in [0.15, 0.2) is 42.5 Å². The molecular formula is C29H38N4O3. The topological polar surface area (TPSA) is 105 Å². The van der Waals surface area contributed by atoms with Crippen molar-refractivity contribution < 1.29 is 14.4 Å². The van der Waals surface area contributed by atoms with E-state index in [0.29, 0.717) is 42.4 Å². The van der Waals surface area contributed by atoms with E-state index in [2.05, 4.69) is 10.6 Å². The van der Waals surface area contributed by atoms with E-state index < -0.39 is 6.04 Å². The fraction of sp³-hybridized carbons (Fsp3) is 0.483. The van der Waals surface area contributed by atoms with Crippen molar-refractivity contribution in [2.24, 2.45) is 17.6 Å². The third kappa shape index (κ3) is 5.78. The second kappa shape index (κ2) is 11.7. The quantitative estimate of drug-likeness (QED) is 0.472. The van der Waals surface area contributed by atoms with E-state index in [9.17, 15) is 14.4 Å². The molecule has 2 atom stereocenters. The predicted molar refractivity (Wildman–Crippen MR) is 142 cm³/mol. The Morgan fingerprint density at radius 1 is 1.14 bits per heavy atom. The Balaban J connectivity index is 1.53. The smallest absolute Gasteiger partial charge is 0.251 e. The first-order valence-electron chi connectivity index (χ1n) is 13.2. The number of hydrogen-bond acceptors (Lipinski definition) is 4. The zero-order valence-corrected chi connectivity index (χ0v) is 21.4. The first-order valence-corrected chi connectivity index (χ1v) is 13.2. The number of nitrogens with one attached hydrogen (secondary N) is 2. The minimum Gasteiger partial charge on any atom is -0.348 e. The number of rotatable bonds is 9. The minimum absolute atomic E-state index is 0.0136. The van der Waals surface area contributed by atoms with Crippen molar-refractivity contribution in [3.05, 3.63) is 59.2 Å². The molecule has 1 aliphatic heterocycles. The Morgan fingerprint density at radius 3 is 2.61 bits per heavy atom. The molecule has 0 radical (unpaired) electrons. The molecule has 1 heterocycles. The van der Waals surface area contributed by atoms with Gasteiger partial charge in [0.05, 0.1) is 11.4 Å². The van der Waals surface area contributed by atoms with Crippen molar-refractivity contribution >= 4 is 29.1 Å². The van der Waals surface area contributed by atoms with Gasteiger partial charge >= 0.3 is 0 Å². The molecular weight excluding hydrogens is 452 g/mol. The zero-order valence-electron chi connectivity index (χ0n) is 21.4. The molecule has 0 bridgehead atoms. The monoisotopic (exact) mass is 490 g/mol. The van der Waals surface area contributed by atoms with Crippen LogP contribution in [-0.2, 0) is 22.7 Å². The molecule has 2 unspecified atom stereocenters. The number of benzene rings is 2. The molecule has 7 nitrogen and oxygen atoms in total. The first-order chi connectivity index (χ1) is 17.4. The number of carbonyl (C=O) groups excluding carboxylic acids is 3. The average Bonchev–Trinajstić information content (AvgIpc) is 3.42. The summed E-state index contributed by atoms with van der Waals surface area (Å²) in [5.74, 6) is 0.169. The number of nitrogens with two attached hydrogens (primary N) is 1. The maximum absolute atomic E-state index is 13.5. The molecule has 0 aromatic heterocycles. The van der Waals surface area contributed by atoms with Crippen LogP contribution < -0.4 is 21.3 Å². The molecule has 1 aliphatic carbocycles. The average molecular weight is 491 g/mol. The molecule has 2 aliphatic rings. The third-order valence-electron chi connectivity index (χ3n) is 7.70. The Bertz CT molecular complexity index is 1110. The number of amides is 3. The van der Waals surface area contributed by atoms with E-state index in [1.54, 1.807) is 23.1 Å². The molecule has 4 rings (SSSR count). The lowest BCUT2D eigenvalue weighted by Crippen LogP contribution is -2.54. The molecule has 0 saturated heterocycles. The van der Waals surface area contributed by atoms with Crippen LogP contribution in [0.3, 0.4) is 0 Å².